The molecule has 6 rings (SSSR count). The number of nitrogens with one attached hydrogen (secondary N) is 2. The highest BCUT2D eigenvalue weighted by Crippen LogP contribution is 2.37. The predicted molar refractivity (Wildman–Crippen MR) is 182 cm³/mol. The van der Waals surface area contributed by atoms with Crippen molar-refractivity contribution in [3.63, 3.8) is 0 Å². The van der Waals surface area contributed by atoms with Crippen LogP contribution in [0, 0.1) is 5.92 Å². The van der Waals surface area contributed by atoms with E-state index in [-0.39, 0.29) is 4.90 Å². The zero-order chi connectivity index (χ0) is 31.1. The van der Waals surface area contributed by atoms with Crippen LogP contribution in [-0.2, 0) is 29.3 Å². The van der Waals surface area contributed by atoms with Crippen molar-refractivity contribution >= 4 is 27.1 Å². The second-order valence-corrected chi connectivity index (χ2v) is 14.1. The first-order valence-corrected chi connectivity index (χ1v) is 17.8. The van der Waals surface area contributed by atoms with E-state index in [0.29, 0.717) is 18.8 Å². The molecular formula is C37H44N4O3S. The summed E-state index contributed by atoms with van der Waals surface area (Å²) in [5, 5.41) is 13.5. The highest BCUT2D eigenvalue weighted by Gasteiger charge is 2.24. The predicted octanol–water partition coefficient (Wildman–Crippen LogP) is 6.96. The van der Waals surface area contributed by atoms with Gasteiger partial charge in [0.05, 0.1) is 11.0 Å². The van der Waals surface area contributed by atoms with Crippen LogP contribution in [0.1, 0.15) is 66.9 Å². The average molecular weight is 625 g/mol. The molecule has 1 saturated carbocycles. The molecule has 1 aromatic heterocycles. The summed E-state index contributed by atoms with van der Waals surface area (Å²) in [6, 6.07) is 25.5. The van der Waals surface area contributed by atoms with Gasteiger partial charge in [0.15, 0.2) is 0 Å². The maximum Gasteiger partial charge on any atom is 0.261 e. The van der Waals surface area contributed by atoms with Gasteiger partial charge in [-0.3, -0.25) is 9.71 Å². The van der Waals surface area contributed by atoms with Gasteiger partial charge in [-0.1, -0.05) is 62.4 Å². The lowest BCUT2D eigenvalue weighted by Gasteiger charge is -2.21. The van der Waals surface area contributed by atoms with Crippen LogP contribution in [0.3, 0.4) is 0 Å². The number of hydrogen-bond acceptors (Lipinski definition) is 6. The minimum Gasteiger partial charge on any atom is -0.387 e. The van der Waals surface area contributed by atoms with Gasteiger partial charge in [0.25, 0.3) is 10.0 Å². The number of fused-ring (bicyclic) bond motifs is 1. The third-order valence-corrected chi connectivity index (χ3v) is 10.6. The van der Waals surface area contributed by atoms with Crippen LogP contribution in [0.5, 0.6) is 0 Å². The summed E-state index contributed by atoms with van der Waals surface area (Å²) in [5.41, 5.74) is 7.10. The van der Waals surface area contributed by atoms with E-state index in [1.54, 1.807) is 30.6 Å². The van der Waals surface area contributed by atoms with Gasteiger partial charge >= 0.3 is 0 Å². The van der Waals surface area contributed by atoms with E-state index in [4.69, 9.17) is 0 Å². The van der Waals surface area contributed by atoms with E-state index >= 15 is 0 Å². The van der Waals surface area contributed by atoms with Crippen LogP contribution in [0.4, 0.5) is 17.1 Å². The van der Waals surface area contributed by atoms with Gasteiger partial charge in [-0.05, 0) is 103 Å². The van der Waals surface area contributed by atoms with E-state index in [2.05, 4.69) is 44.2 Å². The van der Waals surface area contributed by atoms with E-state index in [1.807, 2.05) is 36.4 Å². The van der Waals surface area contributed by atoms with E-state index in [1.165, 1.54) is 49.8 Å². The number of anilines is 3. The fourth-order valence-electron chi connectivity index (χ4n) is 6.70. The lowest BCUT2D eigenvalue weighted by Crippen LogP contribution is -2.23. The molecule has 0 unspecified atom stereocenters. The molecule has 1 fully saturated rings. The number of nitrogens with zero attached hydrogens (tertiary/aromatic N) is 2. The summed E-state index contributed by atoms with van der Waals surface area (Å²) in [7, 11) is -3.72. The summed E-state index contributed by atoms with van der Waals surface area (Å²) in [4.78, 5) is 6.64. The Kier molecular flexibility index (Phi) is 10.1. The number of aliphatic hydroxyl groups is 1. The number of benzene rings is 3. The molecule has 7 nitrogen and oxygen atoms in total. The molecule has 1 aliphatic carbocycles. The minimum absolute atomic E-state index is 0.282. The summed E-state index contributed by atoms with van der Waals surface area (Å²) in [6.07, 6.45) is 13.6. The molecule has 1 atom stereocenters. The quantitative estimate of drug-likeness (QED) is 0.131. The molecule has 3 N–H and O–H groups in total. The molecule has 0 radical (unpaired) electrons. The third kappa shape index (κ3) is 8.12. The summed E-state index contributed by atoms with van der Waals surface area (Å²) < 4.78 is 29.4. The standard InChI is InChI=1S/C37H44N4O3S/c42-37(32-11-5-21-38-26-32)27-39-22-19-29-13-15-33(16-14-29)40-45(43,44)35-17-18-36-31(25-35)20-23-41(36)34-12-4-10-30(24-34)9-3-8-28-6-1-2-7-28/h4-5,10-18,21,24-26,28,37,39-40,42H,1-3,6-9,19-20,22-23,27H2/t37-/m0/s1. The smallest absolute Gasteiger partial charge is 0.261 e. The lowest BCUT2D eigenvalue weighted by atomic mass is 9.98. The molecule has 2 aliphatic rings. The fourth-order valence-corrected chi connectivity index (χ4v) is 7.81. The second-order valence-electron chi connectivity index (χ2n) is 12.5. The van der Waals surface area contributed by atoms with Gasteiger partial charge in [-0.15, -0.1) is 0 Å². The molecule has 0 spiro atoms. The van der Waals surface area contributed by atoms with E-state index in [0.717, 1.165) is 54.1 Å². The van der Waals surface area contributed by atoms with Crippen LogP contribution in [0.2, 0.25) is 0 Å². The zero-order valence-corrected chi connectivity index (χ0v) is 26.7. The molecule has 45 heavy (non-hydrogen) atoms. The lowest BCUT2D eigenvalue weighted by molar-refractivity contribution is 0.174. The van der Waals surface area contributed by atoms with Crippen molar-refractivity contribution in [3.05, 3.63) is 114 Å². The number of aromatic nitrogens is 1. The zero-order valence-electron chi connectivity index (χ0n) is 25.9. The van der Waals surface area contributed by atoms with Gasteiger partial charge < -0.3 is 15.3 Å². The third-order valence-electron chi connectivity index (χ3n) is 9.24. The SMILES string of the molecule is O=S(=O)(Nc1ccc(CCNC[C@H](O)c2cccnc2)cc1)c1ccc2c(c1)CCN2c1cccc(CCCC2CCCC2)c1. The van der Waals surface area contributed by atoms with Crippen molar-refractivity contribution in [3.8, 4) is 0 Å². The van der Waals surface area contributed by atoms with Gasteiger partial charge in [-0.25, -0.2) is 8.42 Å². The first kappa shape index (κ1) is 31.3. The molecular weight excluding hydrogens is 580 g/mol. The van der Waals surface area contributed by atoms with Crippen molar-refractivity contribution in [2.24, 2.45) is 5.92 Å². The molecule has 0 saturated heterocycles. The number of sulfonamides is 1. The highest BCUT2D eigenvalue weighted by atomic mass is 32.2. The number of aryl methyl sites for hydroxylation is 1. The maximum atomic E-state index is 13.3. The van der Waals surface area contributed by atoms with Crippen molar-refractivity contribution in [1.29, 1.82) is 0 Å². The van der Waals surface area contributed by atoms with Crippen LogP contribution < -0.4 is 14.9 Å². The molecule has 3 aromatic carbocycles. The van der Waals surface area contributed by atoms with Crippen molar-refractivity contribution in [2.75, 3.05) is 29.3 Å². The Labute approximate surface area is 267 Å². The largest absolute Gasteiger partial charge is 0.387 e. The topological polar surface area (TPSA) is 94.6 Å². The minimum atomic E-state index is -3.72. The number of rotatable bonds is 14. The number of pyridine rings is 1. The molecule has 236 valence electrons. The fraction of sp³-hybridized carbons (Fsp3) is 0.378. The molecule has 0 amide bonds. The normalized spacial score (nSPS) is 15.7. The Morgan fingerprint density at radius 3 is 2.58 bits per heavy atom. The van der Waals surface area contributed by atoms with Crippen LogP contribution >= 0.6 is 0 Å². The first-order chi connectivity index (χ1) is 21.9. The van der Waals surface area contributed by atoms with Gasteiger partial charge in [-0.2, -0.15) is 0 Å². The monoisotopic (exact) mass is 624 g/mol. The van der Waals surface area contributed by atoms with Crippen molar-refractivity contribution in [2.45, 2.75) is 68.8 Å². The Bertz CT molecular complexity index is 1660. The molecule has 2 heterocycles. The van der Waals surface area contributed by atoms with Gasteiger partial charge in [0.2, 0.25) is 0 Å². The number of aliphatic hydroxyl groups excluding tert-OH is 1. The average Bonchev–Trinajstić information content (AvgIpc) is 3.74. The van der Waals surface area contributed by atoms with Gasteiger partial charge in [0, 0.05) is 48.1 Å². The van der Waals surface area contributed by atoms with Crippen LogP contribution in [0.15, 0.2) is 96.2 Å². The van der Waals surface area contributed by atoms with Gasteiger partial charge in [0.1, 0.15) is 0 Å². The molecule has 0 bridgehead atoms. The molecule has 1 aliphatic heterocycles. The summed E-state index contributed by atoms with van der Waals surface area (Å²) in [5.74, 6) is 0.927. The van der Waals surface area contributed by atoms with E-state index < -0.39 is 16.1 Å². The summed E-state index contributed by atoms with van der Waals surface area (Å²) >= 11 is 0. The number of hydrogen-bond donors (Lipinski definition) is 3. The Balaban J connectivity index is 1.02. The maximum absolute atomic E-state index is 13.3. The first-order valence-electron chi connectivity index (χ1n) is 16.3. The Hall–Kier alpha value is -3.72. The Morgan fingerprint density at radius 1 is 0.933 bits per heavy atom. The van der Waals surface area contributed by atoms with Crippen LogP contribution in [-0.4, -0.2) is 38.1 Å². The molecule has 4 aromatic rings. The second kappa shape index (κ2) is 14.6. The molecule has 8 heteroatoms. The Morgan fingerprint density at radius 2 is 1.78 bits per heavy atom. The summed E-state index contributed by atoms with van der Waals surface area (Å²) in [6.45, 7) is 1.98. The van der Waals surface area contributed by atoms with E-state index in [9.17, 15) is 13.5 Å². The highest BCUT2D eigenvalue weighted by molar-refractivity contribution is 7.92. The van der Waals surface area contributed by atoms with Crippen molar-refractivity contribution < 1.29 is 13.5 Å². The van der Waals surface area contributed by atoms with Crippen LogP contribution in [0.25, 0.3) is 0 Å². The van der Waals surface area contributed by atoms with Crippen molar-refractivity contribution in [1.82, 2.24) is 10.3 Å².